The van der Waals surface area contributed by atoms with Crippen molar-refractivity contribution < 1.29 is 9.47 Å². The molecule has 2 nitrogen and oxygen atoms in total. The standard InChI is InChI=1S/C16H26O2/c1-4-7-16(3)8-5-14(6-9-16)10-15-11-17-13(2)18-12-15/h13-15H,5-6,8-12H2,1-3H3. The molecule has 0 aromatic carbocycles. The summed E-state index contributed by atoms with van der Waals surface area (Å²) in [5.41, 5.74) is 0.277. The lowest BCUT2D eigenvalue weighted by molar-refractivity contribution is -0.193. The van der Waals surface area contributed by atoms with E-state index in [1.807, 2.05) is 13.8 Å². The van der Waals surface area contributed by atoms with Crippen LogP contribution in [0.15, 0.2) is 0 Å². The summed E-state index contributed by atoms with van der Waals surface area (Å²) in [4.78, 5) is 0. The summed E-state index contributed by atoms with van der Waals surface area (Å²) in [6.07, 6.45) is 6.40. The Kier molecular flexibility index (Phi) is 4.70. The fraction of sp³-hybridized carbons (Fsp3) is 0.875. The lowest BCUT2D eigenvalue weighted by Gasteiger charge is -2.36. The molecule has 0 amide bonds. The van der Waals surface area contributed by atoms with Crippen LogP contribution in [0.25, 0.3) is 0 Å². The van der Waals surface area contributed by atoms with Crippen LogP contribution in [-0.2, 0) is 9.47 Å². The van der Waals surface area contributed by atoms with Crippen molar-refractivity contribution in [2.24, 2.45) is 17.3 Å². The number of ether oxygens (including phenoxy) is 2. The smallest absolute Gasteiger partial charge is 0.154 e. The molecule has 1 aliphatic heterocycles. The second-order valence-corrected chi connectivity index (χ2v) is 6.22. The third-order valence-corrected chi connectivity index (χ3v) is 4.44. The van der Waals surface area contributed by atoms with E-state index in [2.05, 4.69) is 18.8 Å². The molecule has 18 heavy (non-hydrogen) atoms. The average molecular weight is 250 g/mol. The van der Waals surface area contributed by atoms with Crippen LogP contribution in [-0.4, -0.2) is 19.5 Å². The molecule has 1 saturated carbocycles. The van der Waals surface area contributed by atoms with Gasteiger partial charge in [-0.25, -0.2) is 0 Å². The molecule has 2 rings (SSSR count). The first-order valence-electron chi connectivity index (χ1n) is 7.28. The van der Waals surface area contributed by atoms with Crippen molar-refractivity contribution in [1.29, 1.82) is 0 Å². The van der Waals surface area contributed by atoms with Gasteiger partial charge in [0.05, 0.1) is 13.2 Å². The van der Waals surface area contributed by atoms with Crippen LogP contribution in [0.2, 0.25) is 0 Å². The maximum atomic E-state index is 5.57. The van der Waals surface area contributed by atoms with Gasteiger partial charge in [0, 0.05) is 11.3 Å². The zero-order chi connectivity index (χ0) is 13.0. The van der Waals surface area contributed by atoms with E-state index < -0.39 is 0 Å². The minimum Gasteiger partial charge on any atom is -0.353 e. The van der Waals surface area contributed by atoms with Crippen LogP contribution in [0.1, 0.15) is 52.9 Å². The Morgan fingerprint density at radius 1 is 1.11 bits per heavy atom. The van der Waals surface area contributed by atoms with Crippen molar-refractivity contribution >= 4 is 0 Å². The van der Waals surface area contributed by atoms with Gasteiger partial charge in [-0.05, 0) is 58.8 Å². The van der Waals surface area contributed by atoms with Gasteiger partial charge in [0.1, 0.15) is 0 Å². The molecule has 2 heteroatoms. The monoisotopic (exact) mass is 250 g/mol. The van der Waals surface area contributed by atoms with Crippen LogP contribution in [0.4, 0.5) is 0 Å². The molecule has 0 spiro atoms. The number of rotatable bonds is 2. The van der Waals surface area contributed by atoms with Crippen molar-refractivity contribution in [2.75, 3.05) is 13.2 Å². The molecule has 1 heterocycles. The Morgan fingerprint density at radius 3 is 2.28 bits per heavy atom. The highest BCUT2D eigenvalue weighted by molar-refractivity contribution is 5.10. The summed E-state index contributed by atoms with van der Waals surface area (Å²) in [6.45, 7) is 8.00. The Bertz CT molecular complexity index is 310. The maximum Gasteiger partial charge on any atom is 0.154 e. The van der Waals surface area contributed by atoms with E-state index in [1.54, 1.807) is 0 Å². The predicted octanol–water partition coefficient (Wildman–Crippen LogP) is 3.61. The molecule has 0 radical (unpaired) electrons. The average Bonchev–Trinajstić information content (AvgIpc) is 2.35. The molecule has 0 aromatic heterocycles. The zero-order valence-corrected chi connectivity index (χ0v) is 12.0. The van der Waals surface area contributed by atoms with E-state index >= 15 is 0 Å². The molecular weight excluding hydrogens is 224 g/mol. The number of hydrogen-bond donors (Lipinski definition) is 0. The SMILES string of the molecule is CC#CC1(C)CCC(CC2COC(C)OC2)CC1. The van der Waals surface area contributed by atoms with E-state index in [4.69, 9.17) is 9.47 Å². The van der Waals surface area contributed by atoms with Crippen LogP contribution < -0.4 is 0 Å². The Hall–Kier alpha value is -0.520. The first-order valence-corrected chi connectivity index (χ1v) is 7.28. The van der Waals surface area contributed by atoms with Gasteiger partial charge in [0.2, 0.25) is 0 Å². The highest BCUT2D eigenvalue weighted by Crippen LogP contribution is 2.40. The summed E-state index contributed by atoms with van der Waals surface area (Å²) in [7, 11) is 0. The third kappa shape index (κ3) is 3.73. The minimum absolute atomic E-state index is 0.00396. The molecule has 2 fully saturated rings. The highest BCUT2D eigenvalue weighted by Gasteiger charge is 2.31. The Balaban J connectivity index is 1.74. The first-order chi connectivity index (χ1) is 8.61. The largest absolute Gasteiger partial charge is 0.353 e. The number of hydrogen-bond acceptors (Lipinski definition) is 2. The molecule has 1 saturated heterocycles. The first kappa shape index (κ1) is 13.9. The molecule has 0 bridgehead atoms. The van der Waals surface area contributed by atoms with Crippen LogP contribution in [0.5, 0.6) is 0 Å². The third-order valence-electron chi connectivity index (χ3n) is 4.44. The highest BCUT2D eigenvalue weighted by atomic mass is 16.7. The predicted molar refractivity (Wildman–Crippen MR) is 73.0 cm³/mol. The van der Waals surface area contributed by atoms with Crippen LogP contribution in [0, 0.1) is 29.1 Å². The molecule has 0 N–H and O–H groups in total. The molecule has 1 aliphatic carbocycles. The maximum absolute atomic E-state index is 5.57. The second kappa shape index (κ2) is 6.08. The van der Waals surface area contributed by atoms with Gasteiger partial charge in [0.25, 0.3) is 0 Å². The summed E-state index contributed by atoms with van der Waals surface area (Å²) in [5.74, 6) is 7.93. The lowest BCUT2D eigenvalue weighted by Crippen LogP contribution is -2.32. The summed E-state index contributed by atoms with van der Waals surface area (Å²) in [5, 5.41) is 0. The normalized spacial score (nSPS) is 40.9. The molecule has 2 aliphatic rings. The summed E-state index contributed by atoms with van der Waals surface area (Å²) < 4.78 is 11.1. The van der Waals surface area contributed by atoms with Crippen molar-refractivity contribution in [3.05, 3.63) is 0 Å². The molecule has 0 atom stereocenters. The van der Waals surface area contributed by atoms with E-state index in [9.17, 15) is 0 Å². The fourth-order valence-electron chi connectivity index (χ4n) is 3.22. The second-order valence-electron chi connectivity index (χ2n) is 6.22. The topological polar surface area (TPSA) is 18.5 Å². The molecule has 0 aromatic rings. The van der Waals surface area contributed by atoms with E-state index in [0.29, 0.717) is 5.92 Å². The zero-order valence-electron chi connectivity index (χ0n) is 12.0. The van der Waals surface area contributed by atoms with Gasteiger partial charge in [-0.15, -0.1) is 5.92 Å². The molecular formula is C16H26O2. The fourth-order valence-corrected chi connectivity index (χ4v) is 3.22. The van der Waals surface area contributed by atoms with Gasteiger partial charge in [-0.3, -0.25) is 0 Å². The van der Waals surface area contributed by atoms with Gasteiger partial charge < -0.3 is 9.47 Å². The summed E-state index contributed by atoms with van der Waals surface area (Å²) >= 11 is 0. The summed E-state index contributed by atoms with van der Waals surface area (Å²) in [6, 6.07) is 0. The van der Waals surface area contributed by atoms with E-state index in [1.165, 1.54) is 32.1 Å². The van der Waals surface area contributed by atoms with Crippen molar-refractivity contribution in [3.63, 3.8) is 0 Å². The van der Waals surface area contributed by atoms with Gasteiger partial charge in [-0.1, -0.05) is 5.92 Å². The minimum atomic E-state index is -0.00396. The lowest BCUT2D eigenvalue weighted by atomic mass is 9.70. The molecule has 0 unspecified atom stereocenters. The van der Waals surface area contributed by atoms with Gasteiger partial charge in [-0.2, -0.15) is 0 Å². The van der Waals surface area contributed by atoms with Crippen molar-refractivity contribution in [1.82, 2.24) is 0 Å². The van der Waals surface area contributed by atoms with Crippen molar-refractivity contribution in [2.45, 2.75) is 59.2 Å². The molecule has 102 valence electrons. The van der Waals surface area contributed by atoms with E-state index in [-0.39, 0.29) is 11.7 Å². The quantitative estimate of drug-likeness (QED) is 0.697. The van der Waals surface area contributed by atoms with Crippen LogP contribution >= 0.6 is 0 Å². The van der Waals surface area contributed by atoms with E-state index in [0.717, 1.165) is 19.1 Å². The van der Waals surface area contributed by atoms with Gasteiger partial charge >= 0.3 is 0 Å². The Labute approximate surface area is 111 Å². The van der Waals surface area contributed by atoms with Crippen LogP contribution in [0.3, 0.4) is 0 Å². The van der Waals surface area contributed by atoms with Crippen molar-refractivity contribution in [3.8, 4) is 11.8 Å². The Morgan fingerprint density at radius 2 is 1.72 bits per heavy atom. The van der Waals surface area contributed by atoms with Gasteiger partial charge in [0.15, 0.2) is 6.29 Å².